The van der Waals surface area contributed by atoms with Crippen LogP contribution in [0.4, 0.5) is 11.4 Å². The lowest BCUT2D eigenvalue weighted by molar-refractivity contribution is -0.123. The molecule has 0 bridgehead atoms. The first-order valence-corrected chi connectivity index (χ1v) is 12.4. The van der Waals surface area contributed by atoms with Crippen molar-refractivity contribution in [3.8, 4) is 0 Å². The van der Waals surface area contributed by atoms with E-state index in [4.69, 9.17) is 0 Å². The summed E-state index contributed by atoms with van der Waals surface area (Å²) in [7, 11) is -2.94. The summed E-state index contributed by atoms with van der Waals surface area (Å²) in [6, 6.07) is 17.4. The first-order chi connectivity index (χ1) is 14.9. The van der Waals surface area contributed by atoms with Crippen molar-refractivity contribution in [2.45, 2.75) is 6.54 Å². The first-order valence-electron chi connectivity index (χ1n) is 10.6. The predicted octanol–water partition coefficient (Wildman–Crippen LogP) is 1.54. The van der Waals surface area contributed by atoms with Gasteiger partial charge in [0.1, 0.15) is 0 Å². The van der Waals surface area contributed by atoms with Crippen molar-refractivity contribution in [3.63, 3.8) is 0 Å². The average Bonchev–Trinajstić information content (AvgIpc) is 3.27. The van der Waals surface area contributed by atoms with Gasteiger partial charge in [-0.1, -0.05) is 30.3 Å². The van der Waals surface area contributed by atoms with Gasteiger partial charge in [-0.25, -0.2) is 13.3 Å². The summed E-state index contributed by atoms with van der Waals surface area (Å²) < 4.78 is 23.3. The molecule has 8 heteroatoms. The molecule has 31 heavy (non-hydrogen) atoms. The number of carbonyl (C=O) groups is 2. The number of sulfone groups is 1. The van der Waals surface area contributed by atoms with E-state index >= 15 is 0 Å². The Bertz CT molecular complexity index is 1060. The number of hydrogen-bond acceptors (Lipinski definition) is 6. The maximum absolute atomic E-state index is 13.1. The zero-order valence-corrected chi connectivity index (χ0v) is 18.0. The zero-order valence-electron chi connectivity index (χ0n) is 17.2. The highest BCUT2D eigenvalue weighted by atomic mass is 32.2. The molecule has 162 valence electrons. The molecule has 3 fully saturated rings. The van der Waals surface area contributed by atoms with Crippen molar-refractivity contribution in [2.24, 2.45) is 11.8 Å². The lowest BCUT2D eigenvalue weighted by Gasteiger charge is -2.29. The molecule has 2 unspecified atom stereocenters. The van der Waals surface area contributed by atoms with Gasteiger partial charge in [-0.3, -0.25) is 14.5 Å². The Labute approximate surface area is 182 Å². The SMILES string of the molecule is O=C1C2CN(Cc3ccccc3)CC2C(=O)N1c1ccc(N2CCS(=O)(=O)CC2)cc1. The molecule has 0 saturated carbocycles. The number of likely N-dealkylation sites (tertiary alicyclic amines) is 1. The van der Waals surface area contributed by atoms with Gasteiger partial charge in [0, 0.05) is 38.4 Å². The van der Waals surface area contributed by atoms with E-state index in [0.29, 0.717) is 31.9 Å². The molecule has 3 aliphatic heterocycles. The Balaban J connectivity index is 1.26. The van der Waals surface area contributed by atoms with Gasteiger partial charge in [0.15, 0.2) is 9.84 Å². The molecular formula is C23H25N3O4S. The van der Waals surface area contributed by atoms with Crippen molar-refractivity contribution in [3.05, 3.63) is 60.2 Å². The minimum Gasteiger partial charge on any atom is -0.369 e. The largest absolute Gasteiger partial charge is 0.369 e. The van der Waals surface area contributed by atoms with Crippen molar-refractivity contribution in [1.82, 2.24) is 4.90 Å². The smallest absolute Gasteiger partial charge is 0.239 e. The van der Waals surface area contributed by atoms with E-state index in [1.54, 1.807) is 12.1 Å². The van der Waals surface area contributed by atoms with E-state index < -0.39 is 9.84 Å². The molecule has 2 atom stereocenters. The highest BCUT2D eigenvalue weighted by Crippen LogP contribution is 2.37. The van der Waals surface area contributed by atoms with Gasteiger partial charge in [-0.2, -0.15) is 0 Å². The maximum Gasteiger partial charge on any atom is 0.239 e. The van der Waals surface area contributed by atoms with Gasteiger partial charge < -0.3 is 4.90 Å². The predicted molar refractivity (Wildman–Crippen MR) is 119 cm³/mol. The Morgan fingerprint density at radius 3 is 1.90 bits per heavy atom. The second-order valence-corrected chi connectivity index (χ2v) is 10.9. The van der Waals surface area contributed by atoms with Crippen LogP contribution in [-0.2, 0) is 26.0 Å². The van der Waals surface area contributed by atoms with Crippen LogP contribution in [-0.4, -0.2) is 62.8 Å². The number of nitrogens with zero attached hydrogens (tertiary/aromatic N) is 3. The summed E-state index contributed by atoms with van der Waals surface area (Å²) in [5.41, 5.74) is 2.68. The van der Waals surface area contributed by atoms with Crippen LogP contribution in [0.1, 0.15) is 5.56 Å². The highest BCUT2D eigenvalue weighted by molar-refractivity contribution is 7.91. The Morgan fingerprint density at radius 1 is 0.774 bits per heavy atom. The van der Waals surface area contributed by atoms with Crippen molar-refractivity contribution in [2.75, 3.05) is 47.5 Å². The fourth-order valence-corrected chi connectivity index (χ4v) is 6.04. The van der Waals surface area contributed by atoms with E-state index in [0.717, 1.165) is 12.2 Å². The minimum atomic E-state index is -2.94. The molecule has 0 spiro atoms. The minimum absolute atomic E-state index is 0.123. The Morgan fingerprint density at radius 2 is 1.32 bits per heavy atom. The van der Waals surface area contributed by atoms with Crippen molar-refractivity contribution < 1.29 is 18.0 Å². The summed E-state index contributed by atoms with van der Waals surface area (Å²) in [6.07, 6.45) is 0. The fourth-order valence-electron chi connectivity index (χ4n) is 4.83. The van der Waals surface area contributed by atoms with Gasteiger partial charge in [0.2, 0.25) is 11.8 Å². The van der Waals surface area contributed by atoms with E-state index in [1.807, 2.05) is 35.2 Å². The molecule has 0 N–H and O–H groups in total. The van der Waals surface area contributed by atoms with Gasteiger partial charge in [-0.05, 0) is 29.8 Å². The quantitative estimate of drug-likeness (QED) is 0.673. The molecule has 0 aromatic heterocycles. The van der Waals surface area contributed by atoms with Crippen LogP contribution in [0.2, 0.25) is 0 Å². The summed E-state index contributed by atoms with van der Waals surface area (Å²) in [6.45, 7) is 2.87. The summed E-state index contributed by atoms with van der Waals surface area (Å²) in [5, 5.41) is 0. The molecule has 7 nitrogen and oxygen atoms in total. The topological polar surface area (TPSA) is 78.0 Å². The third kappa shape index (κ3) is 3.85. The van der Waals surface area contributed by atoms with Crippen molar-refractivity contribution >= 4 is 33.0 Å². The van der Waals surface area contributed by atoms with Crippen LogP contribution >= 0.6 is 0 Å². The number of amides is 2. The molecule has 3 aliphatic rings. The third-order valence-corrected chi connectivity index (χ3v) is 8.15. The lowest BCUT2D eigenvalue weighted by Crippen LogP contribution is -2.40. The van der Waals surface area contributed by atoms with Gasteiger partial charge in [-0.15, -0.1) is 0 Å². The Kier molecular flexibility index (Phi) is 5.06. The Hall–Kier alpha value is -2.71. The molecule has 2 aromatic carbocycles. The number of carbonyl (C=O) groups excluding carboxylic acids is 2. The highest BCUT2D eigenvalue weighted by Gasteiger charge is 2.52. The van der Waals surface area contributed by atoms with E-state index in [9.17, 15) is 18.0 Å². The zero-order chi connectivity index (χ0) is 21.6. The van der Waals surface area contributed by atoms with Crippen LogP contribution < -0.4 is 9.80 Å². The second kappa shape index (κ2) is 7.76. The van der Waals surface area contributed by atoms with Crippen molar-refractivity contribution in [1.29, 1.82) is 0 Å². The lowest BCUT2D eigenvalue weighted by atomic mass is 10.00. The number of imide groups is 1. The summed E-state index contributed by atoms with van der Waals surface area (Å²) in [5.74, 6) is -0.516. The fraction of sp³-hybridized carbons (Fsp3) is 0.391. The number of fused-ring (bicyclic) bond motifs is 1. The summed E-state index contributed by atoms with van der Waals surface area (Å²) in [4.78, 5) is 31.7. The average molecular weight is 440 g/mol. The molecule has 0 radical (unpaired) electrons. The maximum atomic E-state index is 13.1. The van der Waals surface area contributed by atoms with Crippen LogP contribution in [0.5, 0.6) is 0 Å². The van der Waals surface area contributed by atoms with E-state index in [2.05, 4.69) is 17.0 Å². The van der Waals surface area contributed by atoms with Crippen LogP contribution in [0.25, 0.3) is 0 Å². The van der Waals surface area contributed by atoms with Crippen LogP contribution in [0, 0.1) is 11.8 Å². The second-order valence-electron chi connectivity index (χ2n) is 8.56. The molecule has 3 heterocycles. The molecule has 2 amide bonds. The number of rotatable bonds is 4. The molecular weight excluding hydrogens is 414 g/mol. The van der Waals surface area contributed by atoms with Gasteiger partial charge in [0.25, 0.3) is 0 Å². The van der Waals surface area contributed by atoms with E-state index in [1.165, 1.54) is 10.5 Å². The normalized spacial score (nSPS) is 25.8. The molecule has 5 rings (SSSR count). The third-order valence-electron chi connectivity index (χ3n) is 6.54. The molecule has 3 saturated heterocycles. The van der Waals surface area contributed by atoms with Gasteiger partial charge in [0.05, 0.1) is 29.0 Å². The molecule has 0 aliphatic carbocycles. The monoisotopic (exact) mass is 439 g/mol. The first kappa shape index (κ1) is 20.2. The number of benzene rings is 2. The van der Waals surface area contributed by atoms with Crippen LogP contribution in [0.15, 0.2) is 54.6 Å². The van der Waals surface area contributed by atoms with Crippen LogP contribution in [0.3, 0.4) is 0 Å². The molecule has 2 aromatic rings. The van der Waals surface area contributed by atoms with Gasteiger partial charge >= 0.3 is 0 Å². The number of anilines is 2. The number of hydrogen-bond donors (Lipinski definition) is 0. The van der Waals surface area contributed by atoms with E-state index in [-0.39, 0.29) is 35.2 Å². The summed E-state index contributed by atoms with van der Waals surface area (Å²) >= 11 is 0. The standard InChI is InChI=1S/C23H25N3O4S/c27-22-20-15-24(14-17-4-2-1-3-5-17)16-21(20)23(28)26(22)19-8-6-18(7-9-19)25-10-12-31(29,30)13-11-25/h1-9,20-21H,10-16H2.